The van der Waals surface area contributed by atoms with Gasteiger partial charge in [0.1, 0.15) is 12.0 Å². The number of aliphatic carboxylic acids is 1. The normalized spacial score (nSPS) is 18.6. The Morgan fingerprint density at radius 1 is 0.620 bits per heavy atom. The first kappa shape index (κ1) is 69.4. The number of aromatic hydroxyl groups is 1. The molecule has 79 heavy (non-hydrogen) atoms. The van der Waals surface area contributed by atoms with E-state index in [1.165, 1.54) is 6.07 Å². The van der Waals surface area contributed by atoms with Crippen molar-refractivity contribution in [1.82, 2.24) is 0 Å². The third-order valence-electron chi connectivity index (χ3n) is 12.7. The first-order valence-electron chi connectivity index (χ1n) is 27.0. The lowest BCUT2D eigenvalue weighted by Gasteiger charge is -2.36. The molecule has 0 aromatic heterocycles. The second-order valence-electron chi connectivity index (χ2n) is 20.5. The number of methoxy groups -OCH3 is 1. The van der Waals surface area contributed by atoms with Crippen molar-refractivity contribution in [3.05, 3.63) is 201 Å². The van der Waals surface area contributed by atoms with Gasteiger partial charge in [0.2, 0.25) is 0 Å². The van der Waals surface area contributed by atoms with Crippen LogP contribution in [0.25, 0.3) is 6.08 Å². The molecule has 0 heterocycles. The number of aldehydes is 1. The van der Waals surface area contributed by atoms with Crippen LogP contribution in [-0.4, -0.2) is 65.3 Å². The van der Waals surface area contributed by atoms with E-state index < -0.39 is 29.6 Å². The molecule has 0 radical (unpaired) electrons. The minimum absolute atomic E-state index is 0.0865. The van der Waals surface area contributed by atoms with Gasteiger partial charge in [0.25, 0.3) is 0 Å². The third-order valence-corrected chi connectivity index (χ3v) is 12.7. The Hall–Kier alpha value is -7.66. The summed E-state index contributed by atoms with van der Waals surface area (Å²) in [5, 5.41) is 18.3. The molecule has 3 rings (SSSR count). The van der Waals surface area contributed by atoms with Gasteiger partial charge in [-0.05, 0) is 118 Å². The maximum absolute atomic E-state index is 13.0. The third kappa shape index (κ3) is 26.0. The number of hydrogen-bond acceptors (Lipinski definition) is 10. The molecule has 0 saturated carbocycles. The number of phenols is 1. The van der Waals surface area contributed by atoms with Gasteiger partial charge in [0, 0.05) is 31.2 Å². The van der Waals surface area contributed by atoms with Crippen LogP contribution < -0.4 is 0 Å². The van der Waals surface area contributed by atoms with E-state index in [9.17, 15) is 33.9 Å². The lowest BCUT2D eigenvalue weighted by atomic mass is 9.71. The highest BCUT2D eigenvalue weighted by molar-refractivity contribution is 6.02. The Kier molecular flexibility index (Phi) is 31.3. The van der Waals surface area contributed by atoms with Crippen molar-refractivity contribution in [2.75, 3.05) is 7.11 Å². The minimum atomic E-state index is -1.09. The van der Waals surface area contributed by atoms with Gasteiger partial charge in [-0.15, -0.1) is 6.58 Å². The van der Waals surface area contributed by atoms with Gasteiger partial charge in [-0.1, -0.05) is 186 Å². The molecule has 0 amide bonds. The highest BCUT2D eigenvalue weighted by Crippen LogP contribution is 2.42. The predicted molar refractivity (Wildman–Crippen MR) is 322 cm³/mol. The van der Waals surface area contributed by atoms with Crippen LogP contribution in [0.5, 0.6) is 5.75 Å². The summed E-state index contributed by atoms with van der Waals surface area (Å²) in [5.74, 6) is -1.54. The summed E-state index contributed by atoms with van der Waals surface area (Å²) in [4.78, 5) is 71.7. The first-order chi connectivity index (χ1) is 37.3. The second-order valence-corrected chi connectivity index (χ2v) is 20.5. The number of carbonyl (C=O) groups excluding carboxylic acids is 5. The van der Waals surface area contributed by atoms with Gasteiger partial charge >= 0.3 is 17.9 Å². The molecule has 0 fully saturated rings. The fraction of sp³-hybridized carbons (Fsp3) is 0.382. The van der Waals surface area contributed by atoms with Gasteiger partial charge in [0.05, 0.1) is 25.7 Å². The molecular formula is C68H88O11. The molecule has 1 aromatic rings. The zero-order chi connectivity index (χ0) is 59.9. The Morgan fingerprint density at radius 3 is 1.47 bits per heavy atom. The van der Waals surface area contributed by atoms with Crippen LogP contribution in [0, 0.1) is 10.8 Å². The van der Waals surface area contributed by atoms with E-state index in [2.05, 4.69) is 20.4 Å². The number of phenolic OH excluding ortho intramolecular Hbond substituents is 1. The smallest absolute Gasteiger partial charge is 0.307 e. The SMILES string of the molecule is C=CCCC(=O)OC1CC(C)(C)C(/C=C/C(C)=C/C=C/C(C)=C/C=C/C=C(C)/C=C/C=C(C)/C=C/C2=C(C)C(=O)C(OC(=O)CCC(=O)O)CC2(C)C)=C(C)C1=O.CC.CC\C(=C/C=C(C)/C=C/c1cc(O)cc(C=O)c1)OC. The predicted octanol–water partition coefficient (Wildman–Crippen LogP) is 16.0. The van der Waals surface area contributed by atoms with Crippen molar-refractivity contribution in [3.8, 4) is 5.75 Å². The number of carboxylic acids is 1. The van der Waals surface area contributed by atoms with Crippen molar-refractivity contribution in [2.45, 2.75) is 154 Å². The van der Waals surface area contributed by atoms with Crippen LogP contribution in [0.15, 0.2) is 190 Å². The van der Waals surface area contributed by atoms with Gasteiger partial charge in [0.15, 0.2) is 23.8 Å². The molecule has 2 aliphatic carbocycles. The molecule has 426 valence electrons. The lowest BCUT2D eigenvalue weighted by molar-refractivity contribution is -0.157. The summed E-state index contributed by atoms with van der Waals surface area (Å²) >= 11 is 0. The van der Waals surface area contributed by atoms with Crippen molar-refractivity contribution in [3.63, 3.8) is 0 Å². The zero-order valence-electron chi connectivity index (χ0n) is 49.7. The molecule has 11 nitrogen and oxygen atoms in total. The second kappa shape index (κ2) is 35.7. The number of allylic oxidation sites excluding steroid dienone is 26. The number of Topliss-reactive ketones (excluding diaryl/α,β-unsaturated/α-hetero) is 2. The standard InChI is InChI=1S/C49H62O8.C17H20O3.C2H6/c1-12-13-24-44(52)56-41-31-48(8,9)39(37(6)46(41)54)27-25-35(4)22-16-20-33(2)18-14-15-19-34(3)21-17-23-36(5)26-28-40-38(7)47(55)42(32-49(40,10)11)57-45(53)30-29-43(50)51;1-4-17(20-3)8-6-13(2)5-7-14-9-15(12-18)11-16(19)10-14;1-2/h12,14-23,25-28,41-42H,1,13,24,29-32H2,2-11H3,(H,50,51);5-12,19H,4H2,1-3H3;1-2H3/b15-14+,20-16+,21-17+,27-25+,28-26+,33-18+,34-19+,35-22+,36-23+;7-5+,13-6+,17-8+;. The summed E-state index contributed by atoms with van der Waals surface area (Å²) in [6.07, 6.45) is 38.1. The highest BCUT2D eigenvalue weighted by atomic mass is 16.6. The zero-order valence-corrected chi connectivity index (χ0v) is 49.7. The molecule has 0 saturated heterocycles. The summed E-state index contributed by atoms with van der Waals surface area (Å²) in [7, 11) is 1.65. The topological polar surface area (TPSA) is 171 Å². The van der Waals surface area contributed by atoms with Crippen molar-refractivity contribution in [1.29, 1.82) is 0 Å². The summed E-state index contributed by atoms with van der Waals surface area (Å²) in [6.45, 7) is 31.4. The summed E-state index contributed by atoms with van der Waals surface area (Å²) in [5.41, 5.74) is 8.72. The maximum Gasteiger partial charge on any atom is 0.307 e. The number of esters is 2. The number of benzene rings is 1. The molecule has 0 aliphatic heterocycles. The van der Waals surface area contributed by atoms with Crippen LogP contribution in [0.3, 0.4) is 0 Å². The van der Waals surface area contributed by atoms with E-state index in [1.807, 2.05) is 179 Å². The van der Waals surface area contributed by atoms with Crippen LogP contribution >= 0.6 is 0 Å². The monoisotopic (exact) mass is 1080 g/mol. The number of carboxylic acid groups (broad SMARTS) is 1. The Labute approximate surface area is 472 Å². The fourth-order valence-electron chi connectivity index (χ4n) is 8.28. The largest absolute Gasteiger partial charge is 0.508 e. The number of rotatable bonds is 24. The van der Waals surface area contributed by atoms with Crippen LogP contribution in [-0.2, 0) is 38.2 Å². The van der Waals surface area contributed by atoms with Crippen molar-refractivity contribution < 1.29 is 53.2 Å². The van der Waals surface area contributed by atoms with Gasteiger partial charge < -0.3 is 24.4 Å². The van der Waals surface area contributed by atoms with E-state index in [0.29, 0.717) is 42.3 Å². The number of ketones is 2. The lowest BCUT2D eigenvalue weighted by Crippen LogP contribution is -2.39. The fourth-order valence-corrected chi connectivity index (χ4v) is 8.28. The molecule has 2 atom stereocenters. The quantitative estimate of drug-likeness (QED) is 0.0332. The number of hydrogen-bond donors (Lipinski definition) is 2. The average molecular weight is 1080 g/mol. The number of ether oxygens (including phenoxy) is 3. The maximum atomic E-state index is 13.0. The van der Waals surface area contributed by atoms with Gasteiger partial charge in [-0.25, -0.2) is 0 Å². The van der Waals surface area contributed by atoms with Gasteiger partial charge in [-0.2, -0.15) is 0 Å². The Bertz CT molecular complexity index is 2770. The van der Waals surface area contributed by atoms with Crippen molar-refractivity contribution >= 4 is 41.8 Å². The molecule has 2 aliphatic rings. The minimum Gasteiger partial charge on any atom is -0.508 e. The van der Waals surface area contributed by atoms with E-state index in [-0.39, 0.29) is 48.0 Å². The van der Waals surface area contributed by atoms with Gasteiger partial charge in [-0.3, -0.25) is 28.8 Å². The molecule has 2 unspecified atom stereocenters. The van der Waals surface area contributed by atoms with Crippen LogP contribution in [0.4, 0.5) is 0 Å². The summed E-state index contributed by atoms with van der Waals surface area (Å²) < 4.78 is 16.1. The van der Waals surface area contributed by atoms with E-state index in [1.54, 1.807) is 39.2 Å². The van der Waals surface area contributed by atoms with E-state index in [0.717, 1.165) is 56.8 Å². The van der Waals surface area contributed by atoms with Crippen LogP contribution in [0.1, 0.15) is 158 Å². The van der Waals surface area contributed by atoms with E-state index in [4.69, 9.17) is 19.3 Å². The molecule has 1 aromatic carbocycles. The van der Waals surface area contributed by atoms with Crippen LogP contribution in [0.2, 0.25) is 0 Å². The molecule has 2 N–H and O–H groups in total. The molecule has 11 heteroatoms. The molecule has 0 bridgehead atoms. The number of carbonyl (C=O) groups is 6. The Morgan fingerprint density at radius 2 is 1.04 bits per heavy atom. The Balaban J connectivity index is 0.00000118. The highest BCUT2D eigenvalue weighted by Gasteiger charge is 2.41. The van der Waals surface area contributed by atoms with Crippen molar-refractivity contribution in [2.24, 2.45) is 10.8 Å². The summed E-state index contributed by atoms with van der Waals surface area (Å²) in [6, 6.07) is 4.76. The molecule has 0 spiro atoms. The van der Waals surface area contributed by atoms with E-state index >= 15 is 0 Å². The average Bonchev–Trinajstić information content (AvgIpc) is 3.42. The first-order valence-corrected chi connectivity index (χ1v) is 27.0. The molecular weight excluding hydrogens is 993 g/mol.